The molecule has 8 heteroatoms. The maximum Gasteiger partial charge on any atom is 0.191 e. The minimum atomic E-state index is 0. The molecule has 2 aromatic rings. The van der Waals surface area contributed by atoms with Crippen molar-refractivity contribution in [1.82, 2.24) is 15.6 Å². The highest BCUT2D eigenvalue weighted by Crippen LogP contribution is 2.29. The Morgan fingerprint density at radius 2 is 2.03 bits per heavy atom. The molecule has 1 aromatic carbocycles. The molecular weight excluding hydrogens is 493 g/mol. The molecular formula is C22H32IN5O2. The number of hydrogen-bond acceptors (Lipinski definition) is 5. The Bertz CT molecular complexity index is 795. The standard InChI is InChI=1S/C22H31N5O2.HI/c1-3-23-22(25-14-10-17-7-6-8-19(29-2)21(17)28)26-18-11-15-27(16-12-18)20-9-4-5-13-24-20;/h4-9,13,18,28H,3,10-12,14-16H2,1-2H3,(H2,23,25,26);1H. The lowest BCUT2D eigenvalue weighted by Gasteiger charge is -2.33. The summed E-state index contributed by atoms with van der Waals surface area (Å²) < 4.78 is 5.17. The van der Waals surface area contributed by atoms with Crippen LogP contribution in [-0.2, 0) is 6.42 Å². The van der Waals surface area contributed by atoms with E-state index in [0.717, 1.165) is 49.8 Å². The van der Waals surface area contributed by atoms with E-state index in [1.165, 1.54) is 0 Å². The molecule has 0 aliphatic carbocycles. The van der Waals surface area contributed by atoms with Crippen LogP contribution in [-0.4, -0.2) is 55.4 Å². The molecule has 3 N–H and O–H groups in total. The van der Waals surface area contributed by atoms with Crippen molar-refractivity contribution in [3.05, 3.63) is 48.2 Å². The number of rotatable bonds is 7. The van der Waals surface area contributed by atoms with Crippen LogP contribution >= 0.6 is 24.0 Å². The lowest BCUT2D eigenvalue weighted by Crippen LogP contribution is -2.49. The van der Waals surface area contributed by atoms with Crippen molar-refractivity contribution in [2.24, 2.45) is 4.99 Å². The highest BCUT2D eigenvalue weighted by atomic mass is 127. The number of nitrogens with one attached hydrogen (secondary N) is 2. The summed E-state index contributed by atoms with van der Waals surface area (Å²) in [7, 11) is 1.56. The number of ether oxygens (including phenoxy) is 1. The second-order valence-electron chi connectivity index (χ2n) is 7.07. The van der Waals surface area contributed by atoms with E-state index in [0.29, 0.717) is 24.8 Å². The maximum atomic E-state index is 10.2. The number of aliphatic imine (C=N–C) groups is 1. The van der Waals surface area contributed by atoms with Gasteiger partial charge in [-0.1, -0.05) is 18.2 Å². The molecule has 2 heterocycles. The van der Waals surface area contributed by atoms with Gasteiger partial charge < -0.3 is 25.4 Å². The van der Waals surface area contributed by atoms with E-state index in [4.69, 9.17) is 9.73 Å². The van der Waals surface area contributed by atoms with E-state index in [2.05, 4.69) is 33.5 Å². The van der Waals surface area contributed by atoms with Crippen LogP contribution in [0.2, 0.25) is 0 Å². The van der Waals surface area contributed by atoms with Crippen LogP contribution in [0.3, 0.4) is 0 Å². The van der Waals surface area contributed by atoms with Gasteiger partial charge in [-0.25, -0.2) is 4.98 Å². The molecule has 0 spiro atoms. The summed E-state index contributed by atoms with van der Waals surface area (Å²) in [4.78, 5) is 11.5. The molecule has 3 rings (SSSR count). The van der Waals surface area contributed by atoms with Crippen molar-refractivity contribution in [2.75, 3.05) is 38.2 Å². The fourth-order valence-corrected chi connectivity index (χ4v) is 3.53. The van der Waals surface area contributed by atoms with Crippen molar-refractivity contribution < 1.29 is 9.84 Å². The van der Waals surface area contributed by atoms with Gasteiger partial charge in [-0.3, -0.25) is 4.99 Å². The maximum absolute atomic E-state index is 10.2. The fourth-order valence-electron chi connectivity index (χ4n) is 3.53. The topological polar surface area (TPSA) is 82.0 Å². The molecule has 1 aliphatic heterocycles. The van der Waals surface area contributed by atoms with Crippen LogP contribution < -0.4 is 20.3 Å². The molecule has 30 heavy (non-hydrogen) atoms. The van der Waals surface area contributed by atoms with Crippen molar-refractivity contribution in [3.63, 3.8) is 0 Å². The molecule has 1 aliphatic rings. The molecule has 0 bridgehead atoms. The number of aromatic hydroxyl groups is 1. The van der Waals surface area contributed by atoms with E-state index in [-0.39, 0.29) is 29.7 Å². The number of benzene rings is 1. The summed E-state index contributed by atoms with van der Waals surface area (Å²) in [6, 6.07) is 12.0. The number of halogens is 1. The van der Waals surface area contributed by atoms with Gasteiger partial charge in [0.15, 0.2) is 17.5 Å². The number of phenolic OH excluding ortho intramolecular Hbond substituents is 1. The monoisotopic (exact) mass is 525 g/mol. The normalized spacial score (nSPS) is 14.7. The average molecular weight is 525 g/mol. The van der Waals surface area contributed by atoms with Gasteiger partial charge in [-0.05, 0) is 49.9 Å². The number of para-hydroxylation sites is 1. The Balaban J connectivity index is 0.00000320. The molecule has 0 unspecified atom stereocenters. The summed E-state index contributed by atoms with van der Waals surface area (Å²) >= 11 is 0. The van der Waals surface area contributed by atoms with Gasteiger partial charge in [-0.2, -0.15) is 0 Å². The van der Waals surface area contributed by atoms with E-state index in [1.54, 1.807) is 13.2 Å². The first-order valence-corrected chi connectivity index (χ1v) is 10.3. The summed E-state index contributed by atoms with van der Waals surface area (Å²) in [5.74, 6) is 2.57. The van der Waals surface area contributed by atoms with E-state index in [9.17, 15) is 5.11 Å². The lowest BCUT2D eigenvalue weighted by molar-refractivity contribution is 0.370. The summed E-state index contributed by atoms with van der Waals surface area (Å²) in [6.07, 6.45) is 4.57. The molecule has 0 saturated carbocycles. The molecule has 1 saturated heterocycles. The van der Waals surface area contributed by atoms with Crippen LogP contribution in [0.15, 0.2) is 47.6 Å². The highest BCUT2D eigenvalue weighted by Gasteiger charge is 2.20. The number of guanidine groups is 1. The quantitative estimate of drug-likeness (QED) is 0.293. The Morgan fingerprint density at radius 3 is 2.70 bits per heavy atom. The summed E-state index contributed by atoms with van der Waals surface area (Å²) in [5, 5.41) is 17.1. The third kappa shape index (κ3) is 6.65. The number of hydrogen-bond donors (Lipinski definition) is 3. The molecule has 1 fully saturated rings. The predicted octanol–water partition coefficient (Wildman–Crippen LogP) is 3.18. The minimum Gasteiger partial charge on any atom is -0.504 e. The largest absolute Gasteiger partial charge is 0.504 e. The Hall–Kier alpha value is -2.23. The van der Waals surface area contributed by atoms with Crippen LogP contribution in [0, 0.1) is 0 Å². The summed E-state index contributed by atoms with van der Waals surface area (Å²) in [5.41, 5.74) is 0.840. The Labute approximate surface area is 196 Å². The first-order chi connectivity index (χ1) is 14.2. The number of phenols is 1. The molecule has 7 nitrogen and oxygen atoms in total. The second-order valence-corrected chi connectivity index (χ2v) is 7.07. The second kappa shape index (κ2) is 12.5. The number of pyridine rings is 1. The lowest BCUT2D eigenvalue weighted by atomic mass is 10.1. The molecule has 1 aromatic heterocycles. The summed E-state index contributed by atoms with van der Waals surface area (Å²) in [6.45, 7) is 5.41. The predicted molar refractivity (Wildman–Crippen MR) is 132 cm³/mol. The smallest absolute Gasteiger partial charge is 0.191 e. The first-order valence-electron chi connectivity index (χ1n) is 10.3. The fraction of sp³-hybridized carbons (Fsp3) is 0.455. The number of aromatic nitrogens is 1. The van der Waals surface area contributed by atoms with Gasteiger partial charge in [0.05, 0.1) is 7.11 Å². The van der Waals surface area contributed by atoms with Gasteiger partial charge in [-0.15, -0.1) is 24.0 Å². The average Bonchev–Trinajstić information content (AvgIpc) is 2.76. The minimum absolute atomic E-state index is 0. The third-order valence-electron chi connectivity index (χ3n) is 5.11. The van der Waals surface area contributed by atoms with Crippen molar-refractivity contribution in [1.29, 1.82) is 0 Å². The van der Waals surface area contributed by atoms with Crippen LogP contribution in [0.25, 0.3) is 0 Å². The van der Waals surface area contributed by atoms with Gasteiger partial charge in [0, 0.05) is 38.4 Å². The Morgan fingerprint density at radius 1 is 1.23 bits per heavy atom. The van der Waals surface area contributed by atoms with Crippen molar-refractivity contribution >= 4 is 35.8 Å². The first kappa shape index (κ1) is 24.0. The Kier molecular flexibility index (Phi) is 9.99. The molecule has 0 amide bonds. The number of piperidine rings is 1. The van der Waals surface area contributed by atoms with Crippen LogP contribution in [0.4, 0.5) is 5.82 Å². The number of methoxy groups -OCH3 is 1. The molecule has 0 atom stereocenters. The molecule has 0 radical (unpaired) electrons. The van der Waals surface area contributed by atoms with Crippen LogP contribution in [0.5, 0.6) is 11.5 Å². The van der Waals surface area contributed by atoms with Gasteiger partial charge in [0.1, 0.15) is 5.82 Å². The molecule has 164 valence electrons. The number of nitrogens with zero attached hydrogens (tertiary/aromatic N) is 3. The van der Waals surface area contributed by atoms with Gasteiger partial charge >= 0.3 is 0 Å². The van der Waals surface area contributed by atoms with E-state index in [1.807, 2.05) is 30.5 Å². The highest BCUT2D eigenvalue weighted by molar-refractivity contribution is 14.0. The van der Waals surface area contributed by atoms with Gasteiger partial charge in [0.25, 0.3) is 0 Å². The van der Waals surface area contributed by atoms with E-state index < -0.39 is 0 Å². The number of anilines is 1. The zero-order chi connectivity index (χ0) is 20.5. The van der Waals surface area contributed by atoms with Crippen molar-refractivity contribution in [3.8, 4) is 11.5 Å². The van der Waals surface area contributed by atoms with Crippen LogP contribution in [0.1, 0.15) is 25.3 Å². The third-order valence-corrected chi connectivity index (χ3v) is 5.11. The van der Waals surface area contributed by atoms with Gasteiger partial charge in [0.2, 0.25) is 0 Å². The SMILES string of the molecule is CCNC(=NCCc1cccc(OC)c1O)NC1CCN(c2ccccn2)CC1.I. The van der Waals surface area contributed by atoms with Crippen molar-refractivity contribution in [2.45, 2.75) is 32.2 Å². The zero-order valence-electron chi connectivity index (χ0n) is 17.7. The zero-order valence-corrected chi connectivity index (χ0v) is 20.0. The van der Waals surface area contributed by atoms with E-state index >= 15 is 0 Å².